The molecule has 2 N–H and O–H groups in total. The van der Waals surface area contributed by atoms with Gasteiger partial charge >= 0.3 is 0 Å². The van der Waals surface area contributed by atoms with E-state index in [1.807, 2.05) is 4.57 Å². The zero-order chi connectivity index (χ0) is 12.1. The summed E-state index contributed by atoms with van der Waals surface area (Å²) in [6.45, 7) is 1.45. The van der Waals surface area contributed by atoms with Gasteiger partial charge < -0.3 is 15.0 Å². The number of nitrogens with two attached hydrogens (primary N) is 1. The Balaban J connectivity index is 2.01. The maximum Gasteiger partial charge on any atom is 0.150 e. The van der Waals surface area contributed by atoms with Crippen LogP contribution in [0.4, 0.5) is 0 Å². The molecule has 0 saturated heterocycles. The molecular weight excluding hydrogens is 216 g/mol. The van der Waals surface area contributed by atoms with Gasteiger partial charge in [0.2, 0.25) is 0 Å². The van der Waals surface area contributed by atoms with Crippen molar-refractivity contribution in [2.45, 2.75) is 44.7 Å². The molecule has 0 aliphatic heterocycles. The van der Waals surface area contributed by atoms with Crippen molar-refractivity contribution in [3.8, 4) is 0 Å². The molecule has 0 bridgehead atoms. The predicted molar refractivity (Wildman–Crippen MR) is 65.4 cm³/mol. The number of aromatic nitrogens is 3. The first-order chi connectivity index (χ1) is 8.33. The Bertz CT molecular complexity index is 333. The van der Waals surface area contributed by atoms with Crippen LogP contribution in [0.3, 0.4) is 0 Å². The lowest BCUT2D eigenvalue weighted by Crippen LogP contribution is -2.27. The Morgan fingerprint density at radius 1 is 1.47 bits per heavy atom. The van der Waals surface area contributed by atoms with Crippen LogP contribution in [0.2, 0.25) is 0 Å². The van der Waals surface area contributed by atoms with E-state index in [-0.39, 0.29) is 6.04 Å². The molecule has 1 aliphatic carbocycles. The molecule has 1 aromatic rings. The number of methoxy groups -OCH3 is 1. The number of rotatable bonds is 5. The van der Waals surface area contributed by atoms with Crippen LogP contribution in [-0.2, 0) is 11.3 Å². The molecule has 5 heteroatoms. The van der Waals surface area contributed by atoms with Gasteiger partial charge in [-0.3, -0.25) is 0 Å². The molecule has 1 aromatic heterocycles. The van der Waals surface area contributed by atoms with Gasteiger partial charge in [0.25, 0.3) is 0 Å². The highest BCUT2D eigenvalue weighted by Gasteiger charge is 2.25. The van der Waals surface area contributed by atoms with Gasteiger partial charge in [-0.1, -0.05) is 19.3 Å². The van der Waals surface area contributed by atoms with Crippen LogP contribution in [0.5, 0.6) is 0 Å². The molecular formula is C12H22N4O. The number of hydrogen-bond acceptors (Lipinski definition) is 4. The van der Waals surface area contributed by atoms with Gasteiger partial charge in [-0.05, 0) is 18.8 Å². The Hall–Kier alpha value is -0.940. The Morgan fingerprint density at radius 3 is 2.94 bits per heavy atom. The van der Waals surface area contributed by atoms with E-state index in [9.17, 15) is 0 Å². The average molecular weight is 238 g/mol. The van der Waals surface area contributed by atoms with Crippen LogP contribution in [0.25, 0.3) is 0 Å². The molecule has 0 amide bonds. The molecule has 1 atom stereocenters. The van der Waals surface area contributed by atoms with E-state index in [1.54, 1.807) is 13.4 Å². The van der Waals surface area contributed by atoms with E-state index in [0.29, 0.717) is 12.5 Å². The van der Waals surface area contributed by atoms with Crippen molar-refractivity contribution in [1.82, 2.24) is 14.8 Å². The van der Waals surface area contributed by atoms with Crippen LogP contribution in [0, 0.1) is 5.92 Å². The second-order valence-corrected chi connectivity index (χ2v) is 4.80. The third-order valence-electron chi connectivity index (χ3n) is 3.64. The number of hydrogen-bond donors (Lipinski definition) is 1. The lowest BCUT2D eigenvalue weighted by Gasteiger charge is -2.27. The first-order valence-corrected chi connectivity index (χ1v) is 6.45. The molecule has 0 radical (unpaired) electrons. The van der Waals surface area contributed by atoms with Gasteiger partial charge in [-0.2, -0.15) is 0 Å². The molecule has 1 unspecified atom stereocenters. The highest BCUT2D eigenvalue weighted by atomic mass is 16.5. The minimum Gasteiger partial charge on any atom is -0.383 e. The van der Waals surface area contributed by atoms with Crippen molar-refractivity contribution in [1.29, 1.82) is 0 Å². The fourth-order valence-electron chi connectivity index (χ4n) is 2.59. The number of nitrogens with zero attached hydrogens (tertiary/aromatic N) is 3. The second kappa shape index (κ2) is 6.12. The smallest absolute Gasteiger partial charge is 0.150 e. The van der Waals surface area contributed by atoms with Crippen LogP contribution in [0.1, 0.15) is 44.0 Å². The minimum atomic E-state index is 0.0228. The van der Waals surface area contributed by atoms with E-state index in [4.69, 9.17) is 10.5 Å². The molecule has 5 nitrogen and oxygen atoms in total. The summed E-state index contributed by atoms with van der Waals surface area (Å²) in [6, 6.07) is 0.0228. The Morgan fingerprint density at radius 2 is 2.24 bits per heavy atom. The van der Waals surface area contributed by atoms with E-state index in [2.05, 4.69) is 10.2 Å². The SMILES string of the molecule is COCCn1cnnc1C(N)C1CCCCC1. The van der Waals surface area contributed by atoms with Crippen LogP contribution in [0.15, 0.2) is 6.33 Å². The van der Waals surface area contributed by atoms with Crippen molar-refractivity contribution >= 4 is 0 Å². The van der Waals surface area contributed by atoms with Crippen LogP contribution >= 0.6 is 0 Å². The van der Waals surface area contributed by atoms with Gasteiger partial charge in [-0.25, -0.2) is 0 Å². The van der Waals surface area contributed by atoms with Crippen LogP contribution < -0.4 is 5.73 Å². The third-order valence-corrected chi connectivity index (χ3v) is 3.64. The molecule has 1 saturated carbocycles. The maximum absolute atomic E-state index is 6.32. The first-order valence-electron chi connectivity index (χ1n) is 6.45. The first kappa shape index (κ1) is 12.5. The summed E-state index contributed by atoms with van der Waals surface area (Å²) in [5.41, 5.74) is 6.32. The molecule has 96 valence electrons. The highest BCUT2D eigenvalue weighted by Crippen LogP contribution is 2.31. The van der Waals surface area contributed by atoms with Gasteiger partial charge in [0.15, 0.2) is 0 Å². The highest BCUT2D eigenvalue weighted by molar-refractivity contribution is 4.97. The summed E-state index contributed by atoms with van der Waals surface area (Å²) in [7, 11) is 1.70. The fraction of sp³-hybridized carbons (Fsp3) is 0.833. The molecule has 1 aliphatic rings. The summed E-state index contributed by atoms with van der Waals surface area (Å²) in [4.78, 5) is 0. The zero-order valence-electron chi connectivity index (χ0n) is 10.5. The molecule has 17 heavy (non-hydrogen) atoms. The summed E-state index contributed by atoms with van der Waals surface area (Å²) in [5, 5.41) is 8.14. The third kappa shape index (κ3) is 3.04. The van der Waals surface area contributed by atoms with Crippen molar-refractivity contribution in [2.75, 3.05) is 13.7 Å². The quantitative estimate of drug-likeness (QED) is 0.844. The Labute approximate surface area is 102 Å². The van der Waals surface area contributed by atoms with Gasteiger partial charge in [0.05, 0.1) is 12.6 Å². The lowest BCUT2D eigenvalue weighted by molar-refractivity contribution is 0.184. The second-order valence-electron chi connectivity index (χ2n) is 4.80. The van der Waals surface area contributed by atoms with Crippen LogP contribution in [-0.4, -0.2) is 28.5 Å². The van der Waals surface area contributed by atoms with Crippen molar-refractivity contribution < 1.29 is 4.74 Å². The minimum absolute atomic E-state index is 0.0228. The molecule has 1 heterocycles. The maximum atomic E-state index is 6.32. The average Bonchev–Trinajstić information content (AvgIpc) is 2.84. The molecule has 1 fully saturated rings. The van der Waals surface area contributed by atoms with Crippen molar-refractivity contribution in [3.05, 3.63) is 12.2 Å². The van der Waals surface area contributed by atoms with E-state index in [1.165, 1.54) is 32.1 Å². The summed E-state index contributed by atoms with van der Waals surface area (Å²) in [5.74, 6) is 1.48. The topological polar surface area (TPSA) is 66.0 Å². The largest absolute Gasteiger partial charge is 0.383 e. The molecule has 0 spiro atoms. The summed E-state index contributed by atoms with van der Waals surface area (Å²) >= 11 is 0. The summed E-state index contributed by atoms with van der Waals surface area (Å²) in [6.07, 6.45) is 8.13. The normalized spacial score (nSPS) is 19.4. The predicted octanol–water partition coefficient (Wildman–Crippen LogP) is 1.50. The van der Waals surface area contributed by atoms with E-state index in [0.717, 1.165) is 12.4 Å². The lowest BCUT2D eigenvalue weighted by atomic mass is 9.84. The van der Waals surface area contributed by atoms with Gasteiger partial charge in [0.1, 0.15) is 12.2 Å². The number of ether oxygens (including phenoxy) is 1. The van der Waals surface area contributed by atoms with E-state index >= 15 is 0 Å². The van der Waals surface area contributed by atoms with Crippen molar-refractivity contribution in [2.24, 2.45) is 11.7 Å². The molecule has 0 aromatic carbocycles. The van der Waals surface area contributed by atoms with E-state index < -0.39 is 0 Å². The standard InChI is InChI=1S/C12H22N4O/c1-17-8-7-16-9-14-15-12(16)11(13)10-5-3-2-4-6-10/h9-11H,2-8,13H2,1H3. The van der Waals surface area contributed by atoms with Gasteiger partial charge in [0, 0.05) is 13.7 Å². The zero-order valence-corrected chi connectivity index (χ0v) is 10.5. The summed E-state index contributed by atoms with van der Waals surface area (Å²) < 4.78 is 7.09. The van der Waals surface area contributed by atoms with Crippen molar-refractivity contribution in [3.63, 3.8) is 0 Å². The Kier molecular flexibility index (Phi) is 4.50. The molecule has 2 rings (SSSR count). The fourth-order valence-corrected chi connectivity index (χ4v) is 2.59. The van der Waals surface area contributed by atoms with Gasteiger partial charge in [-0.15, -0.1) is 10.2 Å². The monoisotopic (exact) mass is 238 g/mol.